The van der Waals surface area contributed by atoms with Crippen LogP contribution in [0.1, 0.15) is 12.6 Å². The molecule has 0 bridgehead atoms. The van der Waals surface area contributed by atoms with Crippen molar-refractivity contribution in [3.8, 4) is 22.9 Å². The van der Waals surface area contributed by atoms with Gasteiger partial charge in [0.15, 0.2) is 17.3 Å². The summed E-state index contributed by atoms with van der Waals surface area (Å²) >= 11 is 3.52. The second-order valence-corrected chi connectivity index (χ2v) is 5.48. The Labute approximate surface area is 131 Å². The van der Waals surface area contributed by atoms with E-state index < -0.39 is 0 Å². The molecule has 1 aromatic heterocycles. The summed E-state index contributed by atoms with van der Waals surface area (Å²) in [6, 6.07) is 5.77. The molecule has 0 atom stereocenters. The fourth-order valence-electron chi connectivity index (χ4n) is 2.16. The van der Waals surface area contributed by atoms with Crippen LogP contribution in [0.3, 0.4) is 0 Å². The molecule has 5 nitrogen and oxygen atoms in total. The van der Waals surface area contributed by atoms with Gasteiger partial charge in [0, 0.05) is 12.1 Å². The van der Waals surface area contributed by atoms with E-state index in [9.17, 15) is 0 Å². The maximum atomic E-state index is 5.61. The van der Waals surface area contributed by atoms with Crippen LogP contribution in [-0.2, 0) is 0 Å². The molecular weight excluding hydrogens is 334 g/mol. The maximum absolute atomic E-state index is 5.61. The third-order valence-corrected chi connectivity index (χ3v) is 4.11. The molecule has 0 radical (unpaired) electrons. The zero-order chi connectivity index (χ0) is 14.8. The average molecular weight is 350 g/mol. The van der Waals surface area contributed by atoms with Gasteiger partial charge in [-0.2, -0.15) is 0 Å². The molecule has 0 saturated heterocycles. The van der Waals surface area contributed by atoms with E-state index >= 15 is 0 Å². The standard InChI is InChI=1S/C15H16BrN3O2/c1-3-17-15-13(16)9(2)18-14(19-15)10-4-5-11-12(8-10)21-7-6-20-11/h4-5,8H,3,6-7H2,1-2H3,(H,17,18,19). The van der Waals surface area contributed by atoms with Gasteiger partial charge in [0.05, 0.1) is 10.2 Å². The van der Waals surface area contributed by atoms with Crippen LogP contribution >= 0.6 is 15.9 Å². The van der Waals surface area contributed by atoms with Gasteiger partial charge in [-0.25, -0.2) is 9.97 Å². The van der Waals surface area contributed by atoms with Crippen LogP contribution < -0.4 is 14.8 Å². The van der Waals surface area contributed by atoms with Crippen molar-refractivity contribution in [3.63, 3.8) is 0 Å². The van der Waals surface area contributed by atoms with E-state index in [1.807, 2.05) is 32.0 Å². The first-order valence-electron chi connectivity index (χ1n) is 6.87. The first-order valence-corrected chi connectivity index (χ1v) is 7.66. The Morgan fingerprint density at radius 3 is 2.71 bits per heavy atom. The molecule has 1 aliphatic heterocycles. The molecule has 3 rings (SSSR count). The molecule has 1 aromatic carbocycles. The highest BCUT2D eigenvalue weighted by atomic mass is 79.9. The Morgan fingerprint density at radius 1 is 1.19 bits per heavy atom. The lowest BCUT2D eigenvalue weighted by Gasteiger charge is -2.19. The van der Waals surface area contributed by atoms with Crippen LogP contribution in [0.25, 0.3) is 11.4 Å². The van der Waals surface area contributed by atoms with Gasteiger partial charge < -0.3 is 14.8 Å². The molecule has 0 amide bonds. The molecular formula is C15H16BrN3O2. The maximum Gasteiger partial charge on any atom is 0.162 e. The fraction of sp³-hybridized carbons (Fsp3) is 0.333. The lowest BCUT2D eigenvalue weighted by atomic mass is 10.1. The van der Waals surface area contributed by atoms with E-state index in [4.69, 9.17) is 9.47 Å². The van der Waals surface area contributed by atoms with Crippen LogP contribution in [0, 0.1) is 6.92 Å². The smallest absolute Gasteiger partial charge is 0.162 e. The Morgan fingerprint density at radius 2 is 1.95 bits per heavy atom. The molecule has 0 saturated carbocycles. The van der Waals surface area contributed by atoms with E-state index in [1.54, 1.807) is 0 Å². The summed E-state index contributed by atoms with van der Waals surface area (Å²) in [4.78, 5) is 9.12. The number of benzene rings is 1. The second-order valence-electron chi connectivity index (χ2n) is 4.68. The lowest BCUT2D eigenvalue weighted by molar-refractivity contribution is 0.171. The van der Waals surface area contributed by atoms with Crippen LogP contribution in [0.15, 0.2) is 22.7 Å². The number of aryl methyl sites for hydroxylation is 1. The summed E-state index contributed by atoms with van der Waals surface area (Å²) in [5.74, 6) is 2.98. The summed E-state index contributed by atoms with van der Waals surface area (Å²) in [6.07, 6.45) is 0. The largest absolute Gasteiger partial charge is 0.486 e. The number of hydrogen-bond acceptors (Lipinski definition) is 5. The molecule has 1 N–H and O–H groups in total. The predicted octanol–water partition coefficient (Wildman–Crippen LogP) is 3.42. The van der Waals surface area contributed by atoms with Crippen molar-refractivity contribution in [1.29, 1.82) is 0 Å². The third-order valence-electron chi connectivity index (χ3n) is 3.16. The Bertz CT molecular complexity index is 676. The van der Waals surface area contributed by atoms with Crippen molar-refractivity contribution in [2.75, 3.05) is 25.1 Å². The lowest BCUT2D eigenvalue weighted by Crippen LogP contribution is -2.15. The average Bonchev–Trinajstić information content (AvgIpc) is 2.51. The number of ether oxygens (including phenoxy) is 2. The van der Waals surface area contributed by atoms with Crippen molar-refractivity contribution < 1.29 is 9.47 Å². The van der Waals surface area contributed by atoms with Gasteiger partial charge in [-0.15, -0.1) is 0 Å². The predicted molar refractivity (Wildman–Crippen MR) is 85.1 cm³/mol. The second kappa shape index (κ2) is 5.89. The molecule has 2 heterocycles. The number of fused-ring (bicyclic) bond motifs is 1. The normalized spacial score (nSPS) is 13.1. The van der Waals surface area contributed by atoms with Crippen LogP contribution in [0.4, 0.5) is 5.82 Å². The third kappa shape index (κ3) is 2.81. The minimum atomic E-state index is 0.569. The van der Waals surface area contributed by atoms with Gasteiger partial charge in [-0.3, -0.25) is 0 Å². The first-order chi connectivity index (χ1) is 10.2. The quantitative estimate of drug-likeness (QED) is 0.919. The number of nitrogens with one attached hydrogen (secondary N) is 1. The zero-order valence-corrected chi connectivity index (χ0v) is 13.5. The van der Waals surface area contributed by atoms with Gasteiger partial charge in [0.25, 0.3) is 0 Å². The van der Waals surface area contributed by atoms with Gasteiger partial charge in [-0.05, 0) is 48.0 Å². The molecule has 0 spiro atoms. The van der Waals surface area contributed by atoms with Gasteiger partial charge in [0.2, 0.25) is 0 Å². The number of nitrogens with zero attached hydrogens (tertiary/aromatic N) is 2. The monoisotopic (exact) mass is 349 g/mol. The van der Waals surface area contributed by atoms with E-state index in [0.717, 1.165) is 39.6 Å². The number of anilines is 1. The SMILES string of the molecule is CCNc1nc(-c2ccc3c(c2)OCCO3)nc(C)c1Br. The Hall–Kier alpha value is -1.82. The Balaban J connectivity index is 2.03. The van der Waals surface area contributed by atoms with Gasteiger partial charge in [-0.1, -0.05) is 0 Å². The molecule has 6 heteroatoms. The minimum absolute atomic E-state index is 0.569. The summed E-state index contributed by atoms with van der Waals surface area (Å²) in [5, 5.41) is 3.24. The van der Waals surface area contributed by atoms with E-state index in [2.05, 4.69) is 31.2 Å². The van der Waals surface area contributed by atoms with E-state index in [0.29, 0.717) is 19.0 Å². The number of rotatable bonds is 3. The Kier molecular flexibility index (Phi) is 3.96. The molecule has 110 valence electrons. The van der Waals surface area contributed by atoms with Crippen LogP contribution in [0.2, 0.25) is 0 Å². The van der Waals surface area contributed by atoms with Crippen molar-refractivity contribution in [3.05, 3.63) is 28.4 Å². The minimum Gasteiger partial charge on any atom is -0.486 e. The highest BCUT2D eigenvalue weighted by Crippen LogP contribution is 2.34. The van der Waals surface area contributed by atoms with E-state index in [-0.39, 0.29) is 0 Å². The number of hydrogen-bond donors (Lipinski definition) is 1. The van der Waals surface area contributed by atoms with Crippen LogP contribution in [0.5, 0.6) is 11.5 Å². The van der Waals surface area contributed by atoms with Crippen molar-refractivity contribution in [2.45, 2.75) is 13.8 Å². The topological polar surface area (TPSA) is 56.3 Å². The first kappa shape index (κ1) is 14.1. The van der Waals surface area contributed by atoms with Crippen molar-refractivity contribution in [2.24, 2.45) is 0 Å². The summed E-state index contributed by atoms with van der Waals surface area (Å²) in [7, 11) is 0. The fourth-order valence-corrected chi connectivity index (χ4v) is 2.47. The summed E-state index contributed by atoms with van der Waals surface area (Å²) in [5.41, 5.74) is 1.81. The summed E-state index contributed by atoms with van der Waals surface area (Å²) < 4.78 is 12.0. The summed E-state index contributed by atoms with van der Waals surface area (Å²) in [6.45, 7) is 5.95. The highest BCUT2D eigenvalue weighted by Gasteiger charge is 2.15. The highest BCUT2D eigenvalue weighted by molar-refractivity contribution is 9.10. The van der Waals surface area contributed by atoms with Crippen molar-refractivity contribution >= 4 is 21.7 Å². The molecule has 0 aliphatic carbocycles. The molecule has 21 heavy (non-hydrogen) atoms. The molecule has 0 fully saturated rings. The number of aromatic nitrogens is 2. The molecule has 0 unspecified atom stereocenters. The molecule has 2 aromatic rings. The van der Waals surface area contributed by atoms with Gasteiger partial charge >= 0.3 is 0 Å². The van der Waals surface area contributed by atoms with Crippen molar-refractivity contribution in [1.82, 2.24) is 9.97 Å². The van der Waals surface area contributed by atoms with Crippen LogP contribution in [-0.4, -0.2) is 29.7 Å². The zero-order valence-electron chi connectivity index (χ0n) is 11.9. The van der Waals surface area contributed by atoms with Gasteiger partial charge in [0.1, 0.15) is 19.0 Å². The van der Waals surface area contributed by atoms with E-state index in [1.165, 1.54) is 0 Å². The molecule has 1 aliphatic rings. The number of halogens is 1.